The normalized spacial score (nSPS) is 12.0. The number of ether oxygens (including phenoxy) is 1. The minimum absolute atomic E-state index is 0.227. The number of hydrogen-bond donors (Lipinski definition) is 0. The first kappa shape index (κ1) is 20.5. The van der Waals surface area contributed by atoms with Gasteiger partial charge in [0.25, 0.3) is 0 Å². The van der Waals surface area contributed by atoms with Crippen molar-refractivity contribution >= 4 is 23.4 Å². The van der Waals surface area contributed by atoms with E-state index >= 15 is 0 Å². The van der Waals surface area contributed by atoms with Crippen LogP contribution < -0.4 is 4.74 Å². The molecule has 1 unspecified atom stereocenters. The van der Waals surface area contributed by atoms with Crippen molar-refractivity contribution in [3.05, 3.63) is 82.7 Å². The molecule has 3 aromatic rings. The van der Waals surface area contributed by atoms with Crippen LogP contribution in [0.1, 0.15) is 35.5 Å². The van der Waals surface area contributed by atoms with Crippen LogP contribution in [0.3, 0.4) is 0 Å². The lowest BCUT2D eigenvalue weighted by Crippen LogP contribution is -2.12. The Morgan fingerprint density at radius 2 is 2.00 bits per heavy atom. The number of aromatic nitrogens is 3. The average molecular weight is 414 g/mol. The van der Waals surface area contributed by atoms with E-state index in [4.69, 9.17) is 16.3 Å². The van der Waals surface area contributed by atoms with Crippen LogP contribution in [0.4, 0.5) is 0 Å². The van der Waals surface area contributed by atoms with Crippen LogP contribution in [-0.2, 0) is 12.3 Å². The zero-order chi connectivity index (χ0) is 20.1. The minimum Gasteiger partial charge on any atom is -0.483 e. The summed E-state index contributed by atoms with van der Waals surface area (Å²) in [6.07, 6.45) is 1.62. The molecule has 0 spiro atoms. The van der Waals surface area contributed by atoms with Crippen LogP contribution in [0.25, 0.3) is 0 Å². The van der Waals surface area contributed by atoms with Crippen molar-refractivity contribution in [3.8, 4) is 5.75 Å². The fraction of sp³-hybridized carbons (Fsp3) is 0.273. The van der Waals surface area contributed by atoms with E-state index in [1.165, 1.54) is 11.1 Å². The number of allylic oxidation sites excluding steroid dienone is 1. The predicted molar refractivity (Wildman–Crippen MR) is 116 cm³/mol. The molecular weight excluding hydrogens is 390 g/mol. The molecule has 0 aliphatic carbocycles. The first-order valence-corrected chi connectivity index (χ1v) is 10.5. The lowest BCUT2D eigenvalue weighted by molar-refractivity contribution is 0.210. The molecule has 0 bridgehead atoms. The van der Waals surface area contributed by atoms with Crippen LogP contribution >= 0.6 is 23.4 Å². The Kier molecular flexibility index (Phi) is 6.81. The van der Waals surface area contributed by atoms with Gasteiger partial charge in [-0.05, 0) is 61.7 Å². The third-order valence-corrected chi connectivity index (χ3v) is 5.74. The summed E-state index contributed by atoms with van der Waals surface area (Å²) in [5.41, 5.74) is 3.59. The number of aryl methyl sites for hydroxylation is 2. The largest absolute Gasteiger partial charge is 0.483 e. The maximum atomic E-state index is 6.13. The second-order valence-electron chi connectivity index (χ2n) is 6.66. The average Bonchev–Trinajstić information content (AvgIpc) is 3.06. The fourth-order valence-electron chi connectivity index (χ4n) is 2.83. The van der Waals surface area contributed by atoms with Crippen LogP contribution in [0.5, 0.6) is 5.75 Å². The summed E-state index contributed by atoms with van der Waals surface area (Å²) in [6.45, 7) is 10.7. The Balaban J connectivity index is 1.77. The number of thioether (sulfide) groups is 1. The molecule has 0 saturated carbocycles. The molecule has 0 amide bonds. The first-order valence-electron chi connectivity index (χ1n) is 9.13. The minimum atomic E-state index is -0.227. The highest BCUT2D eigenvalue weighted by Gasteiger charge is 2.19. The smallest absolute Gasteiger partial charge is 0.191 e. The summed E-state index contributed by atoms with van der Waals surface area (Å²) in [7, 11) is 0. The quantitative estimate of drug-likeness (QED) is 0.327. The number of halogens is 1. The van der Waals surface area contributed by atoms with Crippen molar-refractivity contribution < 1.29 is 4.74 Å². The molecule has 0 N–H and O–H groups in total. The molecule has 0 fully saturated rings. The number of rotatable bonds is 8. The maximum absolute atomic E-state index is 6.13. The summed E-state index contributed by atoms with van der Waals surface area (Å²) < 4.78 is 8.18. The zero-order valence-electron chi connectivity index (χ0n) is 16.4. The van der Waals surface area contributed by atoms with Gasteiger partial charge in [0.1, 0.15) is 5.75 Å². The van der Waals surface area contributed by atoms with Gasteiger partial charge in [0.05, 0.1) is 0 Å². The molecule has 2 aromatic carbocycles. The highest BCUT2D eigenvalue weighted by molar-refractivity contribution is 7.98. The summed E-state index contributed by atoms with van der Waals surface area (Å²) in [5.74, 6) is 2.38. The van der Waals surface area contributed by atoms with Crippen LogP contribution in [0.15, 0.2) is 60.3 Å². The topological polar surface area (TPSA) is 39.9 Å². The first-order chi connectivity index (χ1) is 13.5. The molecule has 0 aliphatic heterocycles. The van der Waals surface area contributed by atoms with Crippen LogP contribution in [0, 0.1) is 13.8 Å². The molecule has 146 valence electrons. The van der Waals surface area contributed by atoms with Crippen molar-refractivity contribution in [1.29, 1.82) is 0 Å². The fourth-order valence-corrected chi connectivity index (χ4v) is 3.94. The number of benzene rings is 2. The summed E-state index contributed by atoms with van der Waals surface area (Å²) in [6, 6.07) is 14.0. The monoisotopic (exact) mass is 413 g/mol. The van der Waals surface area contributed by atoms with Crippen molar-refractivity contribution in [2.24, 2.45) is 0 Å². The molecule has 28 heavy (non-hydrogen) atoms. The Bertz CT molecular complexity index is 970. The van der Waals surface area contributed by atoms with Gasteiger partial charge in [-0.3, -0.25) is 4.57 Å². The second kappa shape index (κ2) is 9.30. The molecule has 1 aromatic heterocycles. The van der Waals surface area contributed by atoms with E-state index in [2.05, 4.69) is 48.8 Å². The predicted octanol–water partition coefficient (Wildman–Crippen LogP) is 6.17. The standard InChI is InChI=1S/C22H24ClN3OS/c1-5-11-26-21(17(4)27-20-10-9-15(2)16(3)12-20)24-25-22(26)28-14-18-7-6-8-19(23)13-18/h5-10,12-13,17H,1,11,14H2,2-4H3. The van der Waals surface area contributed by atoms with E-state index in [0.717, 1.165) is 33.1 Å². The molecule has 1 atom stereocenters. The Labute approximate surface area is 175 Å². The molecule has 6 heteroatoms. The van der Waals surface area contributed by atoms with Crippen molar-refractivity contribution in [2.75, 3.05) is 0 Å². The molecule has 0 radical (unpaired) electrons. The second-order valence-corrected chi connectivity index (χ2v) is 8.04. The van der Waals surface area contributed by atoms with E-state index in [9.17, 15) is 0 Å². The van der Waals surface area contributed by atoms with Crippen molar-refractivity contribution in [2.45, 2.75) is 44.3 Å². The Morgan fingerprint density at radius 3 is 2.71 bits per heavy atom. The number of nitrogens with zero attached hydrogens (tertiary/aromatic N) is 3. The van der Waals surface area contributed by atoms with Gasteiger partial charge >= 0.3 is 0 Å². The van der Waals surface area contributed by atoms with Gasteiger partial charge in [-0.1, -0.05) is 47.6 Å². The van der Waals surface area contributed by atoms with Crippen molar-refractivity contribution in [1.82, 2.24) is 14.8 Å². The van der Waals surface area contributed by atoms with Gasteiger partial charge in [-0.15, -0.1) is 16.8 Å². The van der Waals surface area contributed by atoms with Gasteiger partial charge in [0.15, 0.2) is 17.1 Å². The van der Waals surface area contributed by atoms with Gasteiger partial charge in [-0.2, -0.15) is 0 Å². The molecule has 1 heterocycles. The highest BCUT2D eigenvalue weighted by Crippen LogP contribution is 2.28. The van der Waals surface area contributed by atoms with E-state index in [0.29, 0.717) is 6.54 Å². The van der Waals surface area contributed by atoms with Gasteiger partial charge < -0.3 is 4.74 Å². The van der Waals surface area contributed by atoms with E-state index in [1.54, 1.807) is 11.8 Å². The SMILES string of the molecule is C=CCn1c(SCc2cccc(Cl)c2)nnc1C(C)Oc1ccc(C)c(C)c1. The summed E-state index contributed by atoms with van der Waals surface area (Å²) in [5, 5.41) is 10.4. The molecule has 4 nitrogen and oxygen atoms in total. The van der Waals surface area contributed by atoms with Crippen LogP contribution in [-0.4, -0.2) is 14.8 Å². The Morgan fingerprint density at radius 1 is 1.18 bits per heavy atom. The lowest BCUT2D eigenvalue weighted by Gasteiger charge is -2.16. The van der Waals surface area contributed by atoms with Gasteiger partial charge in [0, 0.05) is 17.3 Å². The maximum Gasteiger partial charge on any atom is 0.191 e. The van der Waals surface area contributed by atoms with E-state index in [-0.39, 0.29) is 6.10 Å². The summed E-state index contributed by atoms with van der Waals surface area (Å²) in [4.78, 5) is 0. The van der Waals surface area contributed by atoms with Crippen LogP contribution in [0.2, 0.25) is 5.02 Å². The number of hydrogen-bond acceptors (Lipinski definition) is 4. The molecule has 0 saturated heterocycles. The summed E-state index contributed by atoms with van der Waals surface area (Å²) >= 11 is 7.70. The van der Waals surface area contributed by atoms with Gasteiger partial charge in [0.2, 0.25) is 0 Å². The lowest BCUT2D eigenvalue weighted by atomic mass is 10.1. The highest BCUT2D eigenvalue weighted by atomic mass is 35.5. The van der Waals surface area contributed by atoms with E-state index in [1.807, 2.05) is 41.8 Å². The Hall–Kier alpha value is -2.24. The third-order valence-electron chi connectivity index (χ3n) is 4.47. The third kappa shape index (κ3) is 4.97. The molecule has 3 rings (SSSR count). The van der Waals surface area contributed by atoms with E-state index < -0.39 is 0 Å². The molecule has 0 aliphatic rings. The zero-order valence-corrected chi connectivity index (χ0v) is 17.9. The van der Waals surface area contributed by atoms with Crippen molar-refractivity contribution in [3.63, 3.8) is 0 Å². The van der Waals surface area contributed by atoms with Gasteiger partial charge in [-0.25, -0.2) is 0 Å². The molecular formula is C22H24ClN3OS.